The number of benzene rings is 1. The predicted molar refractivity (Wildman–Crippen MR) is 79.2 cm³/mol. The van der Waals surface area contributed by atoms with Crippen molar-refractivity contribution in [1.29, 1.82) is 0 Å². The Labute approximate surface area is 129 Å². The van der Waals surface area contributed by atoms with E-state index in [1.165, 1.54) is 22.5 Å². The highest BCUT2D eigenvalue weighted by molar-refractivity contribution is 7.89. The highest BCUT2D eigenvalue weighted by Crippen LogP contribution is 2.39. The van der Waals surface area contributed by atoms with Crippen LogP contribution in [0, 0.1) is 18.2 Å². The molecule has 0 radical (unpaired) electrons. The van der Waals surface area contributed by atoms with E-state index in [9.17, 15) is 17.6 Å². The fourth-order valence-electron chi connectivity index (χ4n) is 3.35. The summed E-state index contributed by atoms with van der Waals surface area (Å²) in [5, 5.41) is 2.83. The van der Waals surface area contributed by atoms with Gasteiger partial charge in [-0.2, -0.15) is 4.31 Å². The topological polar surface area (TPSA) is 66.5 Å². The second-order valence-electron chi connectivity index (χ2n) is 6.27. The van der Waals surface area contributed by atoms with Crippen LogP contribution in [-0.4, -0.2) is 38.3 Å². The van der Waals surface area contributed by atoms with Gasteiger partial charge in [0, 0.05) is 26.1 Å². The molecule has 1 aromatic carbocycles. The predicted octanol–water partition coefficient (Wildman–Crippen LogP) is 1.42. The van der Waals surface area contributed by atoms with E-state index < -0.39 is 15.8 Å². The van der Waals surface area contributed by atoms with Crippen LogP contribution in [0.3, 0.4) is 0 Å². The quantitative estimate of drug-likeness (QED) is 0.894. The molecule has 0 unspecified atom stereocenters. The molecular weight excluding hydrogens is 307 g/mol. The van der Waals surface area contributed by atoms with Crippen molar-refractivity contribution in [1.82, 2.24) is 9.62 Å². The van der Waals surface area contributed by atoms with Gasteiger partial charge in [0.15, 0.2) is 0 Å². The molecule has 1 amide bonds. The van der Waals surface area contributed by atoms with Gasteiger partial charge in [0.2, 0.25) is 15.9 Å². The van der Waals surface area contributed by atoms with Crippen molar-refractivity contribution in [3.05, 3.63) is 29.6 Å². The molecule has 0 aliphatic carbocycles. The first-order valence-electron chi connectivity index (χ1n) is 7.35. The normalized spacial score (nSPS) is 22.0. The summed E-state index contributed by atoms with van der Waals surface area (Å²) in [6.07, 6.45) is 1.83. The Morgan fingerprint density at radius 1 is 1.27 bits per heavy atom. The number of nitrogens with zero attached hydrogens (tertiary/aromatic N) is 1. The van der Waals surface area contributed by atoms with Crippen molar-refractivity contribution in [2.45, 2.75) is 31.1 Å². The first kappa shape index (κ1) is 15.4. The molecule has 120 valence electrons. The molecule has 2 saturated heterocycles. The zero-order valence-electron chi connectivity index (χ0n) is 12.4. The third kappa shape index (κ3) is 2.63. The van der Waals surface area contributed by atoms with Gasteiger partial charge in [-0.05, 0) is 48.9 Å². The summed E-state index contributed by atoms with van der Waals surface area (Å²) < 4.78 is 40.0. The molecule has 0 saturated carbocycles. The minimum absolute atomic E-state index is 0.0469. The number of carbonyl (C=O) groups is 1. The molecular formula is C15H19FN2O3S. The molecule has 5 nitrogen and oxygen atoms in total. The summed E-state index contributed by atoms with van der Waals surface area (Å²) in [6, 6.07) is 3.73. The van der Waals surface area contributed by atoms with Crippen molar-refractivity contribution in [2.24, 2.45) is 5.41 Å². The molecule has 2 heterocycles. The maximum absolute atomic E-state index is 13.2. The molecule has 0 atom stereocenters. The van der Waals surface area contributed by atoms with Crippen LogP contribution in [0.2, 0.25) is 0 Å². The van der Waals surface area contributed by atoms with Crippen LogP contribution in [0.1, 0.15) is 24.8 Å². The monoisotopic (exact) mass is 326 g/mol. The highest BCUT2D eigenvalue weighted by Gasteiger charge is 2.43. The molecule has 1 spiro atoms. The number of aryl methyl sites for hydroxylation is 1. The van der Waals surface area contributed by atoms with Gasteiger partial charge in [-0.25, -0.2) is 12.8 Å². The molecule has 22 heavy (non-hydrogen) atoms. The average molecular weight is 326 g/mol. The number of piperidine rings is 1. The average Bonchev–Trinajstić information content (AvgIpc) is 2.80. The molecule has 7 heteroatoms. The number of hydrogen-bond acceptors (Lipinski definition) is 3. The fourth-order valence-corrected chi connectivity index (χ4v) is 4.99. The number of amides is 1. The lowest BCUT2D eigenvalue weighted by atomic mass is 9.78. The molecule has 2 aliphatic heterocycles. The minimum Gasteiger partial charge on any atom is -0.356 e. The van der Waals surface area contributed by atoms with Gasteiger partial charge in [0.05, 0.1) is 4.90 Å². The van der Waals surface area contributed by atoms with E-state index in [0.29, 0.717) is 44.5 Å². The molecule has 1 N–H and O–H groups in total. The summed E-state index contributed by atoms with van der Waals surface area (Å²) in [6.45, 7) is 3.03. The van der Waals surface area contributed by atoms with Crippen molar-refractivity contribution >= 4 is 15.9 Å². The lowest BCUT2D eigenvalue weighted by Gasteiger charge is -2.37. The molecule has 2 fully saturated rings. The second kappa shape index (κ2) is 5.31. The SMILES string of the molecule is Cc1cc(F)ccc1S(=O)(=O)N1CCC2(CC1)CNC(=O)C2. The van der Waals surface area contributed by atoms with E-state index in [2.05, 4.69) is 5.32 Å². The zero-order chi connectivity index (χ0) is 16.0. The lowest BCUT2D eigenvalue weighted by molar-refractivity contribution is -0.119. The highest BCUT2D eigenvalue weighted by atomic mass is 32.2. The van der Waals surface area contributed by atoms with Crippen molar-refractivity contribution < 1.29 is 17.6 Å². The third-order valence-corrected chi connectivity index (χ3v) is 6.79. The molecule has 3 rings (SSSR count). The van der Waals surface area contributed by atoms with Crippen LogP contribution in [0.25, 0.3) is 0 Å². The fraction of sp³-hybridized carbons (Fsp3) is 0.533. The Kier molecular flexibility index (Phi) is 3.72. The Balaban J connectivity index is 1.79. The standard InChI is InChI=1S/C15H19FN2O3S/c1-11-8-12(16)2-3-13(11)22(20,21)18-6-4-15(5-7-18)9-14(19)17-10-15/h2-3,8H,4-7,9-10H2,1H3,(H,17,19). The van der Waals surface area contributed by atoms with Crippen LogP contribution < -0.4 is 5.32 Å². The summed E-state index contributed by atoms with van der Waals surface area (Å²) >= 11 is 0. The number of rotatable bonds is 2. The van der Waals surface area contributed by atoms with E-state index in [-0.39, 0.29) is 16.2 Å². The van der Waals surface area contributed by atoms with Gasteiger partial charge < -0.3 is 5.32 Å². The van der Waals surface area contributed by atoms with Gasteiger partial charge in [0.25, 0.3) is 0 Å². The minimum atomic E-state index is -3.61. The van der Waals surface area contributed by atoms with Crippen molar-refractivity contribution in [3.63, 3.8) is 0 Å². The van der Waals surface area contributed by atoms with E-state index in [0.717, 1.165) is 0 Å². The van der Waals surface area contributed by atoms with Gasteiger partial charge in [-0.1, -0.05) is 0 Å². The first-order chi connectivity index (χ1) is 10.3. The summed E-state index contributed by atoms with van der Waals surface area (Å²) in [4.78, 5) is 11.6. The molecule has 0 bridgehead atoms. The Hall–Kier alpha value is -1.47. The van der Waals surface area contributed by atoms with Crippen molar-refractivity contribution in [2.75, 3.05) is 19.6 Å². The summed E-state index contributed by atoms with van der Waals surface area (Å²) in [7, 11) is -3.61. The third-order valence-electron chi connectivity index (χ3n) is 4.73. The zero-order valence-corrected chi connectivity index (χ0v) is 13.2. The number of hydrogen-bond donors (Lipinski definition) is 1. The van der Waals surface area contributed by atoms with Crippen LogP contribution in [0.5, 0.6) is 0 Å². The number of nitrogens with one attached hydrogen (secondary N) is 1. The smallest absolute Gasteiger partial charge is 0.243 e. The first-order valence-corrected chi connectivity index (χ1v) is 8.80. The van der Waals surface area contributed by atoms with E-state index in [4.69, 9.17) is 0 Å². The second-order valence-corrected chi connectivity index (χ2v) is 8.17. The Morgan fingerprint density at radius 2 is 1.95 bits per heavy atom. The van der Waals surface area contributed by atoms with Gasteiger partial charge in [-0.3, -0.25) is 4.79 Å². The maximum atomic E-state index is 13.2. The number of halogens is 1. The van der Waals surface area contributed by atoms with E-state index in [1.54, 1.807) is 6.92 Å². The van der Waals surface area contributed by atoms with Crippen LogP contribution in [-0.2, 0) is 14.8 Å². The van der Waals surface area contributed by atoms with Crippen LogP contribution >= 0.6 is 0 Å². The van der Waals surface area contributed by atoms with E-state index >= 15 is 0 Å². The van der Waals surface area contributed by atoms with Gasteiger partial charge in [-0.15, -0.1) is 0 Å². The largest absolute Gasteiger partial charge is 0.356 e. The van der Waals surface area contributed by atoms with Gasteiger partial charge >= 0.3 is 0 Å². The molecule has 2 aliphatic rings. The summed E-state index contributed by atoms with van der Waals surface area (Å²) in [5.74, 6) is -0.393. The maximum Gasteiger partial charge on any atom is 0.243 e. The summed E-state index contributed by atoms with van der Waals surface area (Å²) in [5.41, 5.74) is 0.319. The Bertz CT molecular complexity index is 709. The Morgan fingerprint density at radius 3 is 2.50 bits per heavy atom. The van der Waals surface area contributed by atoms with Crippen LogP contribution in [0.4, 0.5) is 4.39 Å². The van der Waals surface area contributed by atoms with Crippen molar-refractivity contribution in [3.8, 4) is 0 Å². The molecule has 0 aromatic heterocycles. The van der Waals surface area contributed by atoms with Gasteiger partial charge in [0.1, 0.15) is 5.82 Å². The molecule has 1 aromatic rings. The van der Waals surface area contributed by atoms with E-state index in [1.807, 2.05) is 0 Å². The number of carbonyl (C=O) groups excluding carboxylic acids is 1. The lowest BCUT2D eigenvalue weighted by Crippen LogP contribution is -2.44. The van der Waals surface area contributed by atoms with Crippen LogP contribution in [0.15, 0.2) is 23.1 Å². The number of sulfonamides is 1.